The van der Waals surface area contributed by atoms with Gasteiger partial charge in [0.2, 0.25) is 0 Å². The van der Waals surface area contributed by atoms with Crippen molar-refractivity contribution in [2.24, 2.45) is 0 Å². The van der Waals surface area contributed by atoms with Gasteiger partial charge in [-0.15, -0.1) is 12.4 Å². The fraction of sp³-hybridized carbons (Fsp3) is 0.500. The van der Waals surface area contributed by atoms with E-state index in [1.807, 2.05) is 13.0 Å². The number of piperazine rings is 1. The summed E-state index contributed by atoms with van der Waals surface area (Å²) >= 11 is 5.79. The number of hydrogen-bond acceptors (Lipinski definition) is 2. The summed E-state index contributed by atoms with van der Waals surface area (Å²) in [6, 6.07) is 5.29. The fourth-order valence-electron chi connectivity index (χ4n) is 2.11. The summed E-state index contributed by atoms with van der Waals surface area (Å²) in [5.41, 5.74) is 0.689. The zero-order valence-corrected chi connectivity index (χ0v) is 11.3. The normalized spacial score (nSPS) is 18.5. The second-order valence-electron chi connectivity index (χ2n) is 4.10. The van der Waals surface area contributed by atoms with Crippen molar-refractivity contribution in [2.45, 2.75) is 13.0 Å². The van der Waals surface area contributed by atoms with Gasteiger partial charge >= 0.3 is 0 Å². The Hall–Kier alpha value is -0.350. The van der Waals surface area contributed by atoms with Gasteiger partial charge in [-0.1, -0.05) is 23.7 Å². The van der Waals surface area contributed by atoms with E-state index < -0.39 is 0 Å². The van der Waals surface area contributed by atoms with Crippen LogP contribution in [0.2, 0.25) is 5.02 Å². The minimum atomic E-state index is -0.282. The molecule has 0 saturated carbocycles. The van der Waals surface area contributed by atoms with Gasteiger partial charge in [0, 0.05) is 37.8 Å². The summed E-state index contributed by atoms with van der Waals surface area (Å²) in [7, 11) is 0. The van der Waals surface area contributed by atoms with E-state index in [-0.39, 0.29) is 29.3 Å². The van der Waals surface area contributed by atoms with Crippen molar-refractivity contribution in [3.63, 3.8) is 0 Å². The molecule has 1 saturated heterocycles. The number of benzene rings is 1. The van der Waals surface area contributed by atoms with Gasteiger partial charge in [-0.3, -0.25) is 4.90 Å². The zero-order chi connectivity index (χ0) is 11.5. The molecule has 1 N–H and O–H groups in total. The average molecular weight is 279 g/mol. The molecular formula is C12H17Cl2FN2. The molecule has 1 aliphatic rings. The second kappa shape index (κ2) is 6.55. The van der Waals surface area contributed by atoms with Crippen LogP contribution in [0.4, 0.5) is 4.39 Å². The summed E-state index contributed by atoms with van der Waals surface area (Å²) in [5.74, 6) is -0.282. The van der Waals surface area contributed by atoms with Gasteiger partial charge in [0.25, 0.3) is 0 Å². The Bertz CT molecular complexity index is 368. The second-order valence-corrected chi connectivity index (χ2v) is 4.51. The lowest BCUT2D eigenvalue weighted by Gasteiger charge is -2.33. The first-order valence-corrected chi connectivity index (χ1v) is 5.96. The lowest BCUT2D eigenvalue weighted by atomic mass is 10.1. The van der Waals surface area contributed by atoms with Crippen molar-refractivity contribution in [1.82, 2.24) is 10.2 Å². The topological polar surface area (TPSA) is 15.3 Å². The molecule has 96 valence electrons. The highest BCUT2D eigenvalue weighted by atomic mass is 35.5. The monoisotopic (exact) mass is 278 g/mol. The van der Waals surface area contributed by atoms with Gasteiger partial charge in [0.1, 0.15) is 5.82 Å². The number of hydrogen-bond donors (Lipinski definition) is 1. The predicted octanol–water partition coefficient (Wildman–Crippen LogP) is 2.87. The summed E-state index contributed by atoms with van der Waals surface area (Å²) in [4.78, 5) is 2.27. The van der Waals surface area contributed by atoms with E-state index in [1.165, 1.54) is 0 Å². The van der Waals surface area contributed by atoms with Gasteiger partial charge in [0.05, 0.1) is 5.02 Å². The van der Waals surface area contributed by atoms with E-state index in [1.54, 1.807) is 12.1 Å². The van der Waals surface area contributed by atoms with Crippen LogP contribution in [0.25, 0.3) is 0 Å². The van der Waals surface area contributed by atoms with Gasteiger partial charge in [-0.25, -0.2) is 4.39 Å². The van der Waals surface area contributed by atoms with Crippen LogP contribution >= 0.6 is 24.0 Å². The Balaban J connectivity index is 0.00000144. The molecule has 0 bridgehead atoms. The Morgan fingerprint density at radius 2 is 2.00 bits per heavy atom. The first-order valence-electron chi connectivity index (χ1n) is 5.59. The van der Waals surface area contributed by atoms with E-state index in [0.717, 1.165) is 26.2 Å². The lowest BCUT2D eigenvalue weighted by Crippen LogP contribution is -2.44. The first-order chi connectivity index (χ1) is 7.70. The maximum Gasteiger partial charge on any atom is 0.146 e. The minimum absolute atomic E-state index is 0. The van der Waals surface area contributed by atoms with Crippen molar-refractivity contribution in [3.05, 3.63) is 34.6 Å². The summed E-state index contributed by atoms with van der Waals surface area (Å²) in [5, 5.41) is 3.49. The maximum absolute atomic E-state index is 13.8. The summed E-state index contributed by atoms with van der Waals surface area (Å²) < 4.78 is 13.8. The smallest absolute Gasteiger partial charge is 0.146 e. The van der Waals surface area contributed by atoms with Crippen LogP contribution in [-0.4, -0.2) is 31.1 Å². The third-order valence-corrected chi connectivity index (χ3v) is 3.42. The molecule has 0 spiro atoms. The highest BCUT2D eigenvalue weighted by molar-refractivity contribution is 6.30. The van der Waals surface area contributed by atoms with Crippen LogP contribution < -0.4 is 5.32 Å². The molecule has 0 aromatic heterocycles. The van der Waals surface area contributed by atoms with Crippen molar-refractivity contribution in [2.75, 3.05) is 26.2 Å². The molecule has 0 aliphatic carbocycles. The molecule has 0 radical (unpaired) electrons. The zero-order valence-electron chi connectivity index (χ0n) is 9.75. The molecule has 2 rings (SSSR count). The molecule has 1 aliphatic heterocycles. The number of nitrogens with one attached hydrogen (secondary N) is 1. The number of nitrogens with zero attached hydrogens (tertiary/aromatic N) is 1. The molecule has 1 atom stereocenters. The highest BCUT2D eigenvalue weighted by Gasteiger charge is 2.21. The maximum atomic E-state index is 13.8. The molecule has 17 heavy (non-hydrogen) atoms. The van der Waals surface area contributed by atoms with E-state index in [9.17, 15) is 4.39 Å². The first kappa shape index (κ1) is 14.7. The molecule has 2 nitrogen and oxygen atoms in total. The van der Waals surface area contributed by atoms with Gasteiger partial charge in [-0.2, -0.15) is 0 Å². The quantitative estimate of drug-likeness (QED) is 0.895. The van der Waals surface area contributed by atoms with Crippen LogP contribution in [0.5, 0.6) is 0 Å². The molecule has 1 aromatic rings. The standard InChI is InChI=1S/C12H16ClFN2.ClH/c1-9(16-7-5-15-6-8-16)10-3-2-4-11(13)12(10)14;/h2-4,9,15H,5-8H2,1H3;1H/t9-;/m0./s1. The molecule has 1 heterocycles. The van der Waals surface area contributed by atoms with E-state index in [4.69, 9.17) is 11.6 Å². The van der Waals surface area contributed by atoms with Crippen LogP contribution in [-0.2, 0) is 0 Å². The molecule has 1 fully saturated rings. The molecule has 0 amide bonds. The van der Waals surface area contributed by atoms with Crippen LogP contribution in [0.3, 0.4) is 0 Å². The SMILES string of the molecule is C[C@@H](c1cccc(Cl)c1F)N1CCNCC1.Cl. The van der Waals surface area contributed by atoms with Crippen molar-refractivity contribution < 1.29 is 4.39 Å². The lowest BCUT2D eigenvalue weighted by molar-refractivity contribution is 0.182. The van der Waals surface area contributed by atoms with Crippen molar-refractivity contribution in [1.29, 1.82) is 0 Å². The van der Waals surface area contributed by atoms with Crippen molar-refractivity contribution in [3.8, 4) is 0 Å². The van der Waals surface area contributed by atoms with E-state index in [2.05, 4.69) is 10.2 Å². The Labute approximate surface area is 113 Å². The Morgan fingerprint density at radius 3 is 2.65 bits per heavy atom. The minimum Gasteiger partial charge on any atom is -0.314 e. The largest absolute Gasteiger partial charge is 0.314 e. The number of rotatable bonds is 2. The Morgan fingerprint density at radius 1 is 1.35 bits per heavy atom. The molecule has 0 unspecified atom stereocenters. The summed E-state index contributed by atoms with van der Waals surface area (Å²) in [6.45, 7) is 5.86. The van der Waals surface area contributed by atoms with Gasteiger partial charge in [-0.05, 0) is 13.0 Å². The third kappa shape index (κ3) is 3.32. The van der Waals surface area contributed by atoms with Gasteiger partial charge in [0.15, 0.2) is 0 Å². The average Bonchev–Trinajstić information content (AvgIpc) is 2.33. The van der Waals surface area contributed by atoms with E-state index in [0.29, 0.717) is 5.56 Å². The van der Waals surface area contributed by atoms with Crippen LogP contribution in [0.15, 0.2) is 18.2 Å². The van der Waals surface area contributed by atoms with E-state index >= 15 is 0 Å². The van der Waals surface area contributed by atoms with Gasteiger partial charge < -0.3 is 5.32 Å². The molecule has 1 aromatic carbocycles. The summed E-state index contributed by atoms with van der Waals surface area (Å²) in [6.07, 6.45) is 0. The Kier molecular flexibility index (Phi) is 5.67. The van der Waals surface area contributed by atoms with Crippen LogP contribution in [0.1, 0.15) is 18.5 Å². The molecule has 5 heteroatoms. The predicted molar refractivity (Wildman–Crippen MR) is 71.5 cm³/mol. The third-order valence-electron chi connectivity index (χ3n) is 3.13. The number of halogens is 3. The highest BCUT2D eigenvalue weighted by Crippen LogP contribution is 2.27. The fourth-order valence-corrected chi connectivity index (χ4v) is 2.29. The van der Waals surface area contributed by atoms with Crippen LogP contribution in [0, 0.1) is 5.82 Å². The molecular weight excluding hydrogens is 262 g/mol. The van der Waals surface area contributed by atoms with Crippen molar-refractivity contribution >= 4 is 24.0 Å².